The van der Waals surface area contributed by atoms with Crippen molar-refractivity contribution < 1.29 is 12.6 Å². The highest BCUT2D eigenvalue weighted by atomic mass is 35.5. The molecule has 0 atom stereocenters. The molecule has 7 heteroatoms. The van der Waals surface area contributed by atoms with Gasteiger partial charge in [-0.3, -0.25) is 4.18 Å². The Balaban J connectivity index is 2.16. The van der Waals surface area contributed by atoms with Crippen molar-refractivity contribution in [3.63, 3.8) is 0 Å². The minimum Gasteiger partial charge on any atom is -0.265 e. The molecule has 0 aliphatic heterocycles. The predicted octanol–water partition coefficient (Wildman–Crippen LogP) is 2.76. The third kappa shape index (κ3) is 5.05. The highest BCUT2D eigenvalue weighted by Gasteiger charge is 2.08. The Morgan fingerprint density at radius 2 is 2.00 bits per heavy atom. The van der Waals surface area contributed by atoms with Crippen molar-refractivity contribution in [1.82, 2.24) is 9.97 Å². The number of halogens is 1. The van der Waals surface area contributed by atoms with Gasteiger partial charge < -0.3 is 0 Å². The number of aryl methyl sites for hydroxylation is 1. The fourth-order valence-corrected chi connectivity index (χ4v) is 2.44. The van der Waals surface area contributed by atoms with E-state index in [1.54, 1.807) is 6.20 Å². The maximum atomic E-state index is 11.0. The summed E-state index contributed by atoms with van der Waals surface area (Å²) in [6, 6.07) is 7.49. The average Bonchev–Trinajstić information content (AvgIpc) is 2.47. The van der Waals surface area contributed by atoms with E-state index < -0.39 is 10.1 Å². The molecule has 22 heavy (non-hydrogen) atoms. The number of hydrogen-bond donors (Lipinski definition) is 0. The van der Waals surface area contributed by atoms with Crippen LogP contribution in [0.5, 0.6) is 0 Å². The van der Waals surface area contributed by atoms with Gasteiger partial charge in [0.05, 0.1) is 23.6 Å². The predicted molar refractivity (Wildman–Crippen MR) is 85.3 cm³/mol. The zero-order chi connectivity index (χ0) is 16.2. The van der Waals surface area contributed by atoms with E-state index in [-0.39, 0.29) is 6.61 Å². The van der Waals surface area contributed by atoms with Gasteiger partial charge in [-0.1, -0.05) is 42.8 Å². The number of hydrogen-bond acceptors (Lipinski definition) is 5. The Labute approximate surface area is 135 Å². The van der Waals surface area contributed by atoms with Gasteiger partial charge in [0.25, 0.3) is 10.1 Å². The lowest BCUT2D eigenvalue weighted by Crippen LogP contribution is -2.03. The number of nitrogens with zero attached hydrogens (tertiary/aromatic N) is 2. The van der Waals surface area contributed by atoms with Crippen LogP contribution in [-0.4, -0.2) is 24.6 Å². The summed E-state index contributed by atoms with van der Waals surface area (Å²) in [7, 11) is -3.45. The van der Waals surface area contributed by atoms with Crippen molar-refractivity contribution in [3.05, 3.63) is 58.1 Å². The molecule has 0 saturated carbocycles. The second-order valence-corrected chi connectivity index (χ2v) is 6.95. The van der Waals surface area contributed by atoms with E-state index in [0.717, 1.165) is 35.3 Å². The Morgan fingerprint density at radius 3 is 2.68 bits per heavy atom. The SMILES string of the molecule is CCc1ncc(Cl)c(Cc2cccc(COS(C)(=O)=O)c2)n1. The lowest BCUT2D eigenvalue weighted by atomic mass is 10.1. The van der Waals surface area contributed by atoms with Gasteiger partial charge in [0.1, 0.15) is 5.82 Å². The molecular weight excluding hydrogens is 324 g/mol. The lowest BCUT2D eigenvalue weighted by Gasteiger charge is -2.07. The van der Waals surface area contributed by atoms with Crippen LogP contribution in [-0.2, 0) is 33.7 Å². The van der Waals surface area contributed by atoms with Crippen LogP contribution in [0.4, 0.5) is 0 Å². The van der Waals surface area contributed by atoms with Crippen LogP contribution >= 0.6 is 11.6 Å². The second-order valence-electron chi connectivity index (χ2n) is 4.90. The van der Waals surface area contributed by atoms with Gasteiger partial charge in [-0.2, -0.15) is 8.42 Å². The van der Waals surface area contributed by atoms with Crippen LogP contribution in [0.25, 0.3) is 0 Å². The third-order valence-corrected chi connectivity index (χ3v) is 3.85. The molecule has 0 amide bonds. The molecule has 0 spiro atoms. The first-order chi connectivity index (χ1) is 10.4. The molecule has 0 aliphatic rings. The van der Waals surface area contributed by atoms with Crippen molar-refractivity contribution in [2.75, 3.05) is 6.26 Å². The largest absolute Gasteiger partial charge is 0.265 e. The van der Waals surface area contributed by atoms with Crippen molar-refractivity contribution in [2.45, 2.75) is 26.4 Å². The summed E-state index contributed by atoms with van der Waals surface area (Å²) in [5, 5.41) is 0.523. The topological polar surface area (TPSA) is 69.2 Å². The van der Waals surface area contributed by atoms with Crippen LogP contribution in [0.3, 0.4) is 0 Å². The highest BCUT2D eigenvalue weighted by Crippen LogP contribution is 2.18. The quantitative estimate of drug-likeness (QED) is 0.756. The van der Waals surface area contributed by atoms with E-state index in [1.807, 2.05) is 31.2 Å². The van der Waals surface area contributed by atoms with E-state index in [0.29, 0.717) is 11.4 Å². The van der Waals surface area contributed by atoms with Crippen LogP contribution in [0.2, 0.25) is 5.02 Å². The lowest BCUT2D eigenvalue weighted by molar-refractivity contribution is 0.311. The molecule has 0 saturated heterocycles. The molecule has 1 aromatic heterocycles. The van der Waals surface area contributed by atoms with Gasteiger partial charge in [0.15, 0.2) is 0 Å². The van der Waals surface area contributed by atoms with Crippen LogP contribution in [0.1, 0.15) is 29.6 Å². The molecule has 1 heterocycles. The first-order valence-electron chi connectivity index (χ1n) is 6.80. The Morgan fingerprint density at radius 1 is 1.27 bits per heavy atom. The van der Waals surface area contributed by atoms with Gasteiger partial charge in [-0.15, -0.1) is 0 Å². The second kappa shape index (κ2) is 7.17. The maximum absolute atomic E-state index is 11.0. The molecule has 0 fully saturated rings. The smallest absolute Gasteiger partial charge is 0.264 e. The molecule has 0 N–H and O–H groups in total. The molecule has 1 aromatic carbocycles. The fourth-order valence-electron chi connectivity index (χ4n) is 1.94. The van der Waals surface area contributed by atoms with E-state index in [9.17, 15) is 8.42 Å². The molecule has 0 radical (unpaired) electrons. The molecule has 0 aliphatic carbocycles. The summed E-state index contributed by atoms with van der Waals surface area (Å²) in [5.74, 6) is 0.746. The van der Waals surface area contributed by atoms with Gasteiger partial charge in [-0.05, 0) is 11.1 Å². The standard InChI is InChI=1S/C15H17ClN2O3S/c1-3-15-17-9-13(16)14(18-15)8-11-5-4-6-12(7-11)10-21-22(2,19)20/h4-7,9H,3,8,10H2,1-2H3. The number of benzene rings is 1. The summed E-state index contributed by atoms with van der Waals surface area (Å²) in [4.78, 5) is 8.57. The highest BCUT2D eigenvalue weighted by molar-refractivity contribution is 7.85. The summed E-state index contributed by atoms with van der Waals surface area (Å²) < 4.78 is 26.9. The number of rotatable bonds is 6. The third-order valence-electron chi connectivity index (χ3n) is 2.99. The van der Waals surface area contributed by atoms with Crippen molar-refractivity contribution in [2.24, 2.45) is 0 Å². The van der Waals surface area contributed by atoms with Gasteiger partial charge in [0.2, 0.25) is 0 Å². The molecule has 5 nitrogen and oxygen atoms in total. The van der Waals surface area contributed by atoms with Gasteiger partial charge in [-0.25, -0.2) is 9.97 Å². The zero-order valence-corrected chi connectivity index (χ0v) is 14.0. The van der Waals surface area contributed by atoms with Gasteiger partial charge in [0, 0.05) is 19.0 Å². The Bertz CT molecular complexity index is 763. The summed E-state index contributed by atoms with van der Waals surface area (Å²) in [5.41, 5.74) is 2.52. The fraction of sp³-hybridized carbons (Fsp3) is 0.333. The number of aromatic nitrogens is 2. The van der Waals surface area contributed by atoms with Crippen molar-refractivity contribution in [3.8, 4) is 0 Å². The van der Waals surface area contributed by atoms with Crippen LogP contribution in [0, 0.1) is 0 Å². The first kappa shape index (κ1) is 16.9. The van der Waals surface area contributed by atoms with E-state index in [2.05, 4.69) is 9.97 Å². The minimum absolute atomic E-state index is 0.0182. The van der Waals surface area contributed by atoms with E-state index in [1.165, 1.54) is 0 Å². The molecule has 0 bridgehead atoms. The minimum atomic E-state index is -3.45. The van der Waals surface area contributed by atoms with Crippen LogP contribution in [0.15, 0.2) is 30.5 Å². The molecular formula is C15H17ClN2O3S. The first-order valence-corrected chi connectivity index (χ1v) is 8.99. The monoisotopic (exact) mass is 340 g/mol. The van der Waals surface area contributed by atoms with Gasteiger partial charge >= 0.3 is 0 Å². The normalized spacial score (nSPS) is 11.6. The Kier molecular flexibility index (Phi) is 5.50. The Hall–Kier alpha value is -1.50. The van der Waals surface area contributed by atoms with E-state index in [4.69, 9.17) is 15.8 Å². The molecule has 2 aromatic rings. The average molecular weight is 341 g/mol. The summed E-state index contributed by atoms with van der Waals surface area (Å²) in [6.45, 7) is 2.00. The molecule has 2 rings (SSSR count). The maximum Gasteiger partial charge on any atom is 0.264 e. The van der Waals surface area contributed by atoms with Crippen molar-refractivity contribution in [1.29, 1.82) is 0 Å². The van der Waals surface area contributed by atoms with E-state index >= 15 is 0 Å². The molecule has 0 unspecified atom stereocenters. The zero-order valence-electron chi connectivity index (χ0n) is 12.4. The molecule has 118 valence electrons. The van der Waals surface area contributed by atoms with Crippen molar-refractivity contribution >= 4 is 21.7 Å². The summed E-state index contributed by atoms with van der Waals surface area (Å²) in [6.07, 6.45) is 3.94. The van der Waals surface area contributed by atoms with Crippen LogP contribution < -0.4 is 0 Å². The summed E-state index contributed by atoms with van der Waals surface area (Å²) >= 11 is 6.13.